The number of unbranched alkanes of at least 4 members (excludes halogenated alkanes) is 2. The second-order valence-electron chi connectivity index (χ2n) is 7.35. The highest BCUT2D eigenvalue weighted by Crippen LogP contribution is 2.24. The fourth-order valence-electron chi connectivity index (χ4n) is 3.04. The van der Waals surface area contributed by atoms with Gasteiger partial charge in [0.2, 0.25) is 10.0 Å². The summed E-state index contributed by atoms with van der Waals surface area (Å²) in [5.74, 6) is -3.95. The minimum Gasteiger partial charge on any atom is -0.386 e. The molecule has 1 aliphatic heterocycles. The summed E-state index contributed by atoms with van der Waals surface area (Å²) in [6.07, 6.45) is -1.87. The largest absolute Gasteiger partial charge is 0.491 e. The van der Waals surface area contributed by atoms with Crippen LogP contribution < -0.4 is 10.0 Å². The maximum atomic E-state index is 12.7. The standard InChI is InChI=1S/C19H25F3N2O5S/c1-2-3-4-5-14-6-8-15(9-7-14)30(27,28)24-18(12-23-13-18)11-10-16(25)29-17(26)19(20,21)22/h6-9,23-24H,2-5,10-13H2,1H3. The van der Waals surface area contributed by atoms with Gasteiger partial charge in [0.25, 0.3) is 0 Å². The number of rotatable bonds is 10. The van der Waals surface area contributed by atoms with Crippen molar-refractivity contribution >= 4 is 22.0 Å². The van der Waals surface area contributed by atoms with E-state index >= 15 is 0 Å². The van der Waals surface area contributed by atoms with Gasteiger partial charge in [0.15, 0.2) is 0 Å². The summed E-state index contributed by atoms with van der Waals surface area (Å²) in [5.41, 5.74) is -0.0154. The molecule has 1 aliphatic rings. The zero-order valence-electron chi connectivity index (χ0n) is 16.5. The Morgan fingerprint density at radius 1 is 1.17 bits per heavy atom. The SMILES string of the molecule is CCCCCc1ccc(S(=O)(=O)NC2(CCC(=O)OC(=O)C(F)(F)F)CNC2)cc1. The van der Waals surface area contributed by atoms with Gasteiger partial charge >= 0.3 is 18.1 Å². The van der Waals surface area contributed by atoms with Gasteiger partial charge < -0.3 is 10.1 Å². The third-order valence-corrected chi connectivity index (χ3v) is 6.42. The Morgan fingerprint density at radius 3 is 2.30 bits per heavy atom. The van der Waals surface area contributed by atoms with E-state index in [2.05, 4.69) is 21.7 Å². The van der Waals surface area contributed by atoms with Crippen molar-refractivity contribution in [1.29, 1.82) is 0 Å². The first kappa shape index (κ1) is 24.3. The number of esters is 2. The van der Waals surface area contributed by atoms with E-state index in [0.29, 0.717) is 0 Å². The van der Waals surface area contributed by atoms with Crippen molar-refractivity contribution in [3.8, 4) is 0 Å². The third kappa shape index (κ3) is 6.78. The van der Waals surface area contributed by atoms with Crippen LogP contribution in [0.3, 0.4) is 0 Å². The average molecular weight is 450 g/mol. The van der Waals surface area contributed by atoms with Gasteiger partial charge in [-0.15, -0.1) is 0 Å². The Bertz CT molecular complexity index is 850. The number of nitrogens with one attached hydrogen (secondary N) is 2. The van der Waals surface area contributed by atoms with E-state index < -0.39 is 40.1 Å². The summed E-state index contributed by atoms with van der Waals surface area (Å²) in [7, 11) is -3.90. The van der Waals surface area contributed by atoms with Crippen LogP contribution in [0.15, 0.2) is 29.2 Å². The first-order valence-electron chi connectivity index (χ1n) is 9.63. The predicted octanol–water partition coefficient (Wildman–Crippen LogP) is 2.45. The average Bonchev–Trinajstić information content (AvgIpc) is 2.63. The van der Waals surface area contributed by atoms with Gasteiger partial charge in [0.1, 0.15) is 0 Å². The molecule has 0 amide bonds. The minimum atomic E-state index is -5.27. The number of benzene rings is 1. The number of halogens is 3. The zero-order chi connectivity index (χ0) is 22.4. The van der Waals surface area contributed by atoms with E-state index in [1.807, 2.05) is 0 Å². The van der Waals surface area contributed by atoms with E-state index in [9.17, 15) is 31.2 Å². The topological polar surface area (TPSA) is 102 Å². The Labute approximate surface area is 173 Å². The molecule has 1 fully saturated rings. The molecule has 11 heteroatoms. The van der Waals surface area contributed by atoms with Gasteiger partial charge in [0, 0.05) is 19.5 Å². The maximum Gasteiger partial charge on any atom is 0.491 e. The number of sulfonamides is 1. The van der Waals surface area contributed by atoms with E-state index in [1.165, 1.54) is 12.1 Å². The van der Waals surface area contributed by atoms with E-state index in [-0.39, 0.29) is 24.4 Å². The minimum absolute atomic E-state index is 0.0582. The van der Waals surface area contributed by atoms with Gasteiger partial charge in [0.05, 0.1) is 10.4 Å². The highest BCUT2D eigenvalue weighted by atomic mass is 32.2. The van der Waals surface area contributed by atoms with Gasteiger partial charge in [-0.05, 0) is 37.0 Å². The van der Waals surface area contributed by atoms with Crippen molar-refractivity contribution in [2.45, 2.75) is 62.1 Å². The molecule has 0 unspecified atom stereocenters. The van der Waals surface area contributed by atoms with Crippen LogP contribution in [0.25, 0.3) is 0 Å². The zero-order valence-corrected chi connectivity index (χ0v) is 17.4. The van der Waals surface area contributed by atoms with Crippen LogP contribution in [0, 0.1) is 0 Å². The first-order valence-corrected chi connectivity index (χ1v) is 11.1. The molecule has 0 atom stereocenters. The van der Waals surface area contributed by atoms with Crippen LogP contribution in [0.5, 0.6) is 0 Å². The fourth-order valence-corrected chi connectivity index (χ4v) is 4.47. The van der Waals surface area contributed by atoms with Crippen LogP contribution in [-0.4, -0.2) is 45.2 Å². The van der Waals surface area contributed by atoms with Crippen LogP contribution in [-0.2, 0) is 30.8 Å². The summed E-state index contributed by atoms with van der Waals surface area (Å²) in [6, 6.07) is 6.49. The van der Waals surface area contributed by atoms with Crippen molar-refractivity contribution in [1.82, 2.24) is 10.0 Å². The van der Waals surface area contributed by atoms with E-state index in [1.54, 1.807) is 12.1 Å². The molecule has 2 rings (SSSR count). The number of ether oxygens (including phenoxy) is 1. The molecule has 168 valence electrons. The molecule has 0 spiro atoms. The molecule has 0 aromatic heterocycles. The summed E-state index contributed by atoms with van der Waals surface area (Å²) in [4.78, 5) is 22.3. The normalized spacial score (nSPS) is 16.0. The number of carbonyl (C=O) groups excluding carboxylic acids is 2. The molecule has 1 aromatic rings. The number of hydrogen-bond acceptors (Lipinski definition) is 6. The summed E-state index contributed by atoms with van der Waals surface area (Å²) in [6.45, 7) is 2.49. The van der Waals surface area contributed by atoms with Crippen molar-refractivity contribution in [2.75, 3.05) is 13.1 Å². The van der Waals surface area contributed by atoms with Crippen molar-refractivity contribution in [2.24, 2.45) is 0 Å². The van der Waals surface area contributed by atoms with Gasteiger partial charge in [-0.3, -0.25) is 4.79 Å². The molecule has 1 heterocycles. The third-order valence-electron chi connectivity index (χ3n) is 4.83. The molecule has 30 heavy (non-hydrogen) atoms. The van der Waals surface area contributed by atoms with Gasteiger partial charge in [-0.25, -0.2) is 17.9 Å². The summed E-state index contributed by atoms with van der Waals surface area (Å²) < 4.78 is 68.2. The van der Waals surface area contributed by atoms with Crippen LogP contribution in [0.4, 0.5) is 13.2 Å². The molecular weight excluding hydrogens is 425 g/mol. The molecule has 1 aromatic carbocycles. The Kier molecular flexibility index (Phi) is 8.00. The molecule has 2 N–H and O–H groups in total. The number of hydrogen-bond donors (Lipinski definition) is 2. The monoisotopic (exact) mass is 450 g/mol. The second-order valence-corrected chi connectivity index (χ2v) is 9.03. The van der Waals surface area contributed by atoms with Gasteiger partial charge in [-0.1, -0.05) is 31.9 Å². The van der Waals surface area contributed by atoms with Crippen molar-refractivity contribution < 1.29 is 35.9 Å². The van der Waals surface area contributed by atoms with Crippen LogP contribution in [0.1, 0.15) is 44.6 Å². The van der Waals surface area contributed by atoms with Crippen LogP contribution in [0.2, 0.25) is 0 Å². The molecule has 0 saturated carbocycles. The quantitative estimate of drug-likeness (QED) is 0.323. The predicted molar refractivity (Wildman–Crippen MR) is 102 cm³/mol. The molecular formula is C19H25F3N2O5S. The van der Waals surface area contributed by atoms with Gasteiger partial charge in [-0.2, -0.15) is 13.2 Å². The Balaban J connectivity index is 1.96. The van der Waals surface area contributed by atoms with E-state index in [0.717, 1.165) is 31.2 Å². The van der Waals surface area contributed by atoms with Crippen LogP contribution >= 0.6 is 0 Å². The number of alkyl halides is 3. The summed E-state index contributed by atoms with van der Waals surface area (Å²) >= 11 is 0. The maximum absolute atomic E-state index is 12.7. The molecule has 0 aliphatic carbocycles. The van der Waals surface area contributed by atoms with Crippen molar-refractivity contribution in [3.63, 3.8) is 0 Å². The summed E-state index contributed by atoms with van der Waals surface area (Å²) in [5, 5.41) is 2.88. The molecule has 0 radical (unpaired) electrons. The number of aryl methyl sites for hydroxylation is 1. The second kappa shape index (κ2) is 9.88. The molecule has 7 nitrogen and oxygen atoms in total. The smallest absolute Gasteiger partial charge is 0.386 e. The lowest BCUT2D eigenvalue weighted by Crippen LogP contribution is -2.68. The first-order chi connectivity index (χ1) is 14.0. The van der Waals surface area contributed by atoms with Crippen molar-refractivity contribution in [3.05, 3.63) is 29.8 Å². The molecule has 0 bridgehead atoms. The Hall–Kier alpha value is -1.98. The molecule has 1 saturated heterocycles. The number of carbonyl (C=O) groups is 2. The lowest BCUT2D eigenvalue weighted by molar-refractivity contribution is -0.202. The lowest BCUT2D eigenvalue weighted by atomic mass is 9.88. The lowest BCUT2D eigenvalue weighted by Gasteiger charge is -2.42. The highest BCUT2D eigenvalue weighted by Gasteiger charge is 2.44. The van der Waals surface area contributed by atoms with E-state index in [4.69, 9.17) is 0 Å². The highest BCUT2D eigenvalue weighted by molar-refractivity contribution is 7.89. The fraction of sp³-hybridized carbons (Fsp3) is 0.579. The Morgan fingerprint density at radius 2 is 1.80 bits per heavy atom.